The Morgan fingerprint density at radius 3 is 2.50 bits per heavy atom. The predicted octanol–water partition coefficient (Wildman–Crippen LogP) is 5.55. The molecule has 0 saturated heterocycles. The number of phenolic OH excluding ortho intramolecular Hbond substituents is 1. The van der Waals surface area contributed by atoms with E-state index in [1.54, 1.807) is 0 Å². The Morgan fingerprint density at radius 2 is 1.70 bits per heavy atom. The number of ether oxygens (including phenoxy) is 1. The Labute approximate surface area is 176 Å². The molecular formula is C25H25N3O2. The molecule has 2 heterocycles. The van der Waals surface area contributed by atoms with Crippen LogP contribution in [0.3, 0.4) is 0 Å². The molecule has 0 aliphatic heterocycles. The number of pyridine rings is 2. The fourth-order valence-corrected chi connectivity index (χ4v) is 3.58. The lowest BCUT2D eigenvalue weighted by Crippen LogP contribution is -2.14. The SMILES string of the molecule is CCOc1cccc([C@H](Nc2cccc(C)n2)c2ccc3ccc(C)nc3c2O)c1. The molecule has 0 fully saturated rings. The van der Waals surface area contributed by atoms with Gasteiger partial charge in [0.05, 0.1) is 12.6 Å². The molecule has 0 aliphatic rings. The second-order valence-electron chi connectivity index (χ2n) is 7.27. The standard InChI is InChI=1S/C25H25N3O2/c1-4-30-20-9-6-8-19(15-20)23(28-22-10-5-7-16(2)26-22)21-14-13-18-12-11-17(3)27-24(18)25(21)29/h5-15,23,29H,4H2,1-3H3,(H,26,28)/t23-/m0/s1. The number of fused-ring (bicyclic) bond motifs is 1. The van der Waals surface area contributed by atoms with Gasteiger partial charge in [-0.05, 0) is 56.7 Å². The van der Waals surface area contributed by atoms with Gasteiger partial charge >= 0.3 is 0 Å². The highest BCUT2D eigenvalue weighted by molar-refractivity contribution is 5.86. The van der Waals surface area contributed by atoms with Gasteiger partial charge in [0.2, 0.25) is 0 Å². The second kappa shape index (κ2) is 8.41. The van der Waals surface area contributed by atoms with Crippen LogP contribution in [0.1, 0.15) is 35.5 Å². The first kappa shape index (κ1) is 19.7. The summed E-state index contributed by atoms with van der Waals surface area (Å²) in [7, 11) is 0. The number of anilines is 1. The Balaban J connectivity index is 1.85. The zero-order chi connectivity index (χ0) is 21.1. The van der Waals surface area contributed by atoms with Crippen molar-refractivity contribution >= 4 is 16.7 Å². The number of hydrogen-bond donors (Lipinski definition) is 2. The van der Waals surface area contributed by atoms with E-state index in [1.807, 2.05) is 87.5 Å². The molecule has 0 saturated carbocycles. The summed E-state index contributed by atoms with van der Waals surface area (Å²) >= 11 is 0. The van der Waals surface area contributed by atoms with Crippen LogP contribution in [0.5, 0.6) is 11.5 Å². The average Bonchev–Trinajstić information content (AvgIpc) is 2.74. The molecule has 2 N–H and O–H groups in total. The van der Waals surface area contributed by atoms with E-state index in [2.05, 4.69) is 15.3 Å². The van der Waals surface area contributed by atoms with Crippen molar-refractivity contribution in [1.29, 1.82) is 0 Å². The van der Waals surface area contributed by atoms with E-state index in [-0.39, 0.29) is 11.8 Å². The summed E-state index contributed by atoms with van der Waals surface area (Å²) in [5, 5.41) is 15.5. The summed E-state index contributed by atoms with van der Waals surface area (Å²) in [4.78, 5) is 9.15. The molecule has 2 aromatic heterocycles. The van der Waals surface area contributed by atoms with E-state index in [1.165, 1.54) is 0 Å². The van der Waals surface area contributed by atoms with Crippen molar-refractivity contribution in [2.75, 3.05) is 11.9 Å². The molecule has 30 heavy (non-hydrogen) atoms. The van der Waals surface area contributed by atoms with E-state index in [9.17, 15) is 5.11 Å². The van der Waals surface area contributed by atoms with Crippen molar-refractivity contribution in [3.8, 4) is 11.5 Å². The van der Waals surface area contributed by atoms with Gasteiger partial charge in [-0.3, -0.25) is 0 Å². The van der Waals surface area contributed by atoms with Crippen molar-refractivity contribution in [3.63, 3.8) is 0 Å². The van der Waals surface area contributed by atoms with Gasteiger partial charge < -0.3 is 15.2 Å². The first-order valence-corrected chi connectivity index (χ1v) is 10.1. The number of benzene rings is 2. The lowest BCUT2D eigenvalue weighted by molar-refractivity contribution is 0.340. The summed E-state index contributed by atoms with van der Waals surface area (Å²) in [6.07, 6.45) is 0. The molecule has 0 bridgehead atoms. The largest absolute Gasteiger partial charge is 0.505 e. The molecule has 0 aliphatic carbocycles. The Morgan fingerprint density at radius 1 is 0.933 bits per heavy atom. The maximum Gasteiger partial charge on any atom is 0.147 e. The third kappa shape index (κ3) is 4.06. The van der Waals surface area contributed by atoms with E-state index in [0.717, 1.165) is 39.5 Å². The molecule has 152 valence electrons. The number of rotatable bonds is 6. The molecule has 4 aromatic rings. The van der Waals surface area contributed by atoms with E-state index >= 15 is 0 Å². The monoisotopic (exact) mass is 399 g/mol. The number of hydrogen-bond acceptors (Lipinski definition) is 5. The lowest BCUT2D eigenvalue weighted by atomic mass is 9.96. The molecular weight excluding hydrogens is 374 g/mol. The molecule has 1 atom stereocenters. The van der Waals surface area contributed by atoms with Crippen LogP contribution in [0, 0.1) is 13.8 Å². The molecule has 5 nitrogen and oxygen atoms in total. The van der Waals surface area contributed by atoms with Crippen LogP contribution in [0.4, 0.5) is 5.82 Å². The number of aromatic nitrogens is 2. The highest BCUT2D eigenvalue weighted by Crippen LogP contribution is 2.37. The summed E-state index contributed by atoms with van der Waals surface area (Å²) in [6, 6.07) is 21.3. The van der Waals surface area contributed by atoms with Crippen LogP contribution in [0.25, 0.3) is 10.9 Å². The van der Waals surface area contributed by atoms with Crippen LogP contribution >= 0.6 is 0 Å². The number of nitrogens with one attached hydrogen (secondary N) is 1. The van der Waals surface area contributed by atoms with Gasteiger partial charge in [-0.15, -0.1) is 0 Å². The topological polar surface area (TPSA) is 67.3 Å². The molecule has 0 amide bonds. The van der Waals surface area contributed by atoms with Gasteiger partial charge in [0, 0.05) is 22.3 Å². The minimum Gasteiger partial charge on any atom is -0.505 e. The molecule has 2 aromatic carbocycles. The number of aromatic hydroxyl groups is 1. The van der Waals surface area contributed by atoms with Crippen molar-refractivity contribution in [2.45, 2.75) is 26.8 Å². The van der Waals surface area contributed by atoms with Gasteiger partial charge in [-0.25, -0.2) is 9.97 Å². The van der Waals surface area contributed by atoms with E-state index < -0.39 is 0 Å². The van der Waals surface area contributed by atoms with Gasteiger partial charge in [-0.1, -0.05) is 36.4 Å². The maximum atomic E-state index is 11.2. The van der Waals surface area contributed by atoms with Crippen molar-refractivity contribution in [3.05, 3.63) is 89.2 Å². The zero-order valence-electron chi connectivity index (χ0n) is 17.4. The quantitative estimate of drug-likeness (QED) is 0.445. The van der Waals surface area contributed by atoms with E-state index in [4.69, 9.17) is 4.74 Å². The third-order valence-corrected chi connectivity index (χ3v) is 5.00. The van der Waals surface area contributed by atoms with Crippen LogP contribution in [-0.4, -0.2) is 21.7 Å². The average molecular weight is 399 g/mol. The Bertz CT molecular complexity index is 1190. The predicted molar refractivity (Wildman–Crippen MR) is 120 cm³/mol. The third-order valence-electron chi connectivity index (χ3n) is 5.00. The fourth-order valence-electron chi connectivity index (χ4n) is 3.58. The summed E-state index contributed by atoms with van der Waals surface area (Å²) in [5.74, 6) is 1.69. The van der Waals surface area contributed by atoms with Gasteiger partial charge in [0.15, 0.2) is 0 Å². The van der Waals surface area contributed by atoms with Crippen molar-refractivity contribution in [2.24, 2.45) is 0 Å². The molecule has 4 rings (SSSR count). The summed E-state index contributed by atoms with van der Waals surface area (Å²) in [5.41, 5.74) is 4.07. The fraction of sp³-hybridized carbons (Fsp3) is 0.200. The highest BCUT2D eigenvalue weighted by Gasteiger charge is 2.21. The minimum atomic E-state index is -0.327. The molecule has 0 spiro atoms. The Hall–Kier alpha value is -3.60. The van der Waals surface area contributed by atoms with Gasteiger partial charge in [-0.2, -0.15) is 0 Å². The zero-order valence-corrected chi connectivity index (χ0v) is 17.4. The van der Waals surface area contributed by atoms with Crippen LogP contribution in [-0.2, 0) is 0 Å². The van der Waals surface area contributed by atoms with Crippen LogP contribution in [0.15, 0.2) is 66.7 Å². The number of nitrogens with zero attached hydrogens (tertiary/aromatic N) is 2. The summed E-state index contributed by atoms with van der Waals surface area (Å²) in [6.45, 7) is 6.42. The van der Waals surface area contributed by atoms with E-state index in [0.29, 0.717) is 12.1 Å². The Kier molecular flexibility index (Phi) is 5.53. The van der Waals surface area contributed by atoms with Gasteiger partial charge in [0.1, 0.15) is 22.8 Å². The minimum absolute atomic E-state index is 0.170. The lowest BCUT2D eigenvalue weighted by Gasteiger charge is -2.23. The number of aryl methyl sites for hydroxylation is 2. The van der Waals surface area contributed by atoms with Crippen LogP contribution in [0.2, 0.25) is 0 Å². The number of phenols is 1. The van der Waals surface area contributed by atoms with Crippen molar-refractivity contribution in [1.82, 2.24) is 9.97 Å². The first-order chi connectivity index (χ1) is 14.5. The normalized spacial score (nSPS) is 12.0. The van der Waals surface area contributed by atoms with Crippen LogP contribution < -0.4 is 10.1 Å². The smallest absolute Gasteiger partial charge is 0.147 e. The molecule has 0 unspecified atom stereocenters. The maximum absolute atomic E-state index is 11.2. The van der Waals surface area contributed by atoms with Gasteiger partial charge in [0.25, 0.3) is 0 Å². The molecule has 5 heteroatoms. The first-order valence-electron chi connectivity index (χ1n) is 10.1. The second-order valence-corrected chi connectivity index (χ2v) is 7.27. The summed E-state index contributed by atoms with van der Waals surface area (Å²) < 4.78 is 5.70. The van der Waals surface area contributed by atoms with Crippen molar-refractivity contribution < 1.29 is 9.84 Å². The highest BCUT2D eigenvalue weighted by atomic mass is 16.5. The molecule has 0 radical (unpaired) electrons.